The summed E-state index contributed by atoms with van der Waals surface area (Å²) in [4.78, 5) is 23.1. The largest absolute Gasteiger partial charge is 0.460 e. The van der Waals surface area contributed by atoms with Crippen molar-refractivity contribution in [1.29, 1.82) is 0 Å². The van der Waals surface area contributed by atoms with E-state index < -0.39 is 11.9 Å². The van der Waals surface area contributed by atoms with Gasteiger partial charge in [0.05, 0.1) is 140 Å². The Labute approximate surface area is 356 Å². The van der Waals surface area contributed by atoms with Crippen LogP contribution < -0.4 is 0 Å². The molecule has 0 saturated heterocycles. The lowest BCUT2D eigenvalue weighted by molar-refractivity contribution is -0.148. The molecule has 0 N–H and O–H groups in total. The van der Waals surface area contributed by atoms with Crippen molar-refractivity contribution < 1.29 is 71.2 Å². The molecule has 0 heterocycles. The summed E-state index contributed by atoms with van der Waals surface area (Å²) >= 11 is 0. The van der Waals surface area contributed by atoms with Gasteiger partial charge in [0.1, 0.15) is 12.7 Å². The molecular weight excluding hydrogens is 768 g/mol. The second kappa shape index (κ2) is 33.6. The van der Waals surface area contributed by atoms with E-state index in [0.29, 0.717) is 77.2 Å². The molecule has 59 heavy (non-hydrogen) atoms. The van der Waals surface area contributed by atoms with Gasteiger partial charge in [-0.1, -0.05) is 13.2 Å². The Hall–Kier alpha value is -2.02. The third kappa shape index (κ3) is 33.3. The van der Waals surface area contributed by atoms with Gasteiger partial charge in [0.15, 0.2) is 0 Å². The van der Waals surface area contributed by atoms with Gasteiger partial charge in [0.25, 0.3) is 0 Å². The molecule has 0 rings (SSSR count). The van der Waals surface area contributed by atoms with Gasteiger partial charge in [-0.15, -0.1) is 0 Å². The fourth-order valence-electron chi connectivity index (χ4n) is 4.46. The molecule has 0 aromatic carbocycles. The average molecular weight is 851 g/mol. The Morgan fingerprint density at radius 1 is 0.305 bits per heavy atom. The summed E-state index contributed by atoms with van der Waals surface area (Å²) in [6.45, 7) is 38.1. The van der Waals surface area contributed by atoms with E-state index in [1.165, 1.54) is 0 Å². The van der Waals surface area contributed by atoms with Crippen LogP contribution in [-0.4, -0.2) is 164 Å². The molecule has 12 atom stereocenters. The van der Waals surface area contributed by atoms with Gasteiger partial charge in [-0.2, -0.15) is 0 Å². The third-order valence-corrected chi connectivity index (χ3v) is 8.22. The normalized spacial score (nSPS) is 18.0. The van der Waals surface area contributed by atoms with E-state index in [-0.39, 0.29) is 86.5 Å². The van der Waals surface area contributed by atoms with Crippen molar-refractivity contribution in [2.75, 3.05) is 79.3 Å². The molecule has 0 fully saturated rings. The van der Waals surface area contributed by atoms with Crippen LogP contribution in [0, 0.1) is 0 Å². The van der Waals surface area contributed by atoms with Crippen molar-refractivity contribution in [2.24, 2.45) is 0 Å². The molecule has 15 nitrogen and oxygen atoms in total. The molecule has 0 aliphatic heterocycles. The maximum Gasteiger partial charge on any atom is 0.333 e. The second-order valence-electron chi connectivity index (χ2n) is 16.0. The van der Waals surface area contributed by atoms with Crippen LogP contribution in [0.3, 0.4) is 0 Å². The van der Waals surface area contributed by atoms with Crippen LogP contribution in [0.25, 0.3) is 0 Å². The topological polar surface area (TPSA) is 154 Å². The minimum absolute atomic E-state index is 0.115. The first kappa shape index (κ1) is 57.0. The van der Waals surface area contributed by atoms with E-state index in [1.54, 1.807) is 20.8 Å². The van der Waals surface area contributed by atoms with Crippen LogP contribution in [0.15, 0.2) is 24.3 Å². The smallest absolute Gasteiger partial charge is 0.333 e. The van der Waals surface area contributed by atoms with Crippen molar-refractivity contribution >= 4 is 11.9 Å². The zero-order valence-electron chi connectivity index (χ0n) is 39.0. The molecule has 12 unspecified atom stereocenters. The monoisotopic (exact) mass is 851 g/mol. The summed E-state index contributed by atoms with van der Waals surface area (Å²) in [5.41, 5.74) is 0.716. The molecule has 0 spiro atoms. The number of rotatable bonds is 38. The van der Waals surface area contributed by atoms with Crippen molar-refractivity contribution in [3.05, 3.63) is 24.3 Å². The van der Waals surface area contributed by atoms with Gasteiger partial charge in [0, 0.05) is 11.1 Å². The Bertz CT molecular complexity index is 1120. The van der Waals surface area contributed by atoms with Crippen LogP contribution in [0.2, 0.25) is 0 Å². The van der Waals surface area contributed by atoms with Crippen LogP contribution in [0.1, 0.15) is 96.9 Å². The number of carbonyl (C=O) groups excluding carboxylic acids is 2. The molecule has 0 amide bonds. The van der Waals surface area contributed by atoms with Crippen LogP contribution in [-0.2, 0) is 71.2 Å². The van der Waals surface area contributed by atoms with E-state index in [0.717, 1.165) is 0 Å². The van der Waals surface area contributed by atoms with E-state index in [1.807, 2.05) is 76.2 Å². The Balaban J connectivity index is 4.00. The first-order valence-corrected chi connectivity index (χ1v) is 21.1. The highest BCUT2D eigenvalue weighted by Crippen LogP contribution is 2.08. The molecule has 348 valence electrons. The fraction of sp³-hybridized carbons (Fsp3) is 0.864. The van der Waals surface area contributed by atoms with Crippen LogP contribution in [0.5, 0.6) is 0 Å². The van der Waals surface area contributed by atoms with E-state index in [9.17, 15) is 9.59 Å². The van der Waals surface area contributed by atoms with Crippen molar-refractivity contribution in [3.8, 4) is 0 Å². The van der Waals surface area contributed by atoms with Crippen LogP contribution >= 0.6 is 0 Å². The Morgan fingerprint density at radius 3 is 0.661 bits per heavy atom. The van der Waals surface area contributed by atoms with Gasteiger partial charge in [0.2, 0.25) is 0 Å². The molecule has 0 bridgehead atoms. The second-order valence-corrected chi connectivity index (χ2v) is 16.0. The standard InChI is InChI=1S/C44H82O15/c1-29(2)43(45)58-27-41(15)56-25-39(13)54-23-37(11)52-21-35(9)50-19-33(7)48-17-31(5)47-18-32(6)49-20-34(8)51-22-36(10)53-24-38(12)55-26-40(14)57-28-42(16)59-44(46)30(3)4/h31-42H,1,3,17-28H2,2,4-16H3. The van der Waals surface area contributed by atoms with Gasteiger partial charge < -0.3 is 61.6 Å². The number of hydrogen-bond acceptors (Lipinski definition) is 15. The van der Waals surface area contributed by atoms with E-state index in [2.05, 4.69) is 13.2 Å². The highest BCUT2D eigenvalue weighted by molar-refractivity contribution is 5.87. The van der Waals surface area contributed by atoms with Crippen molar-refractivity contribution in [3.63, 3.8) is 0 Å². The lowest BCUT2D eigenvalue weighted by Gasteiger charge is -2.23. The molecule has 0 aromatic heterocycles. The number of carbonyl (C=O) groups is 2. The fourth-order valence-corrected chi connectivity index (χ4v) is 4.46. The lowest BCUT2D eigenvalue weighted by Crippen LogP contribution is -2.31. The maximum atomic E-state index is 11.6. The summed E-state index contributed by atoms with van der Waals surface area (Å²) in [5, 5.41) is 0. The Morgan fingerprint density at radius 2 is 0.475 bits per heavy atom. The first-order valence-electron chi connectivity index (χ1n) is 21.1. The highest BCUT2D eigenvalue weighted by Gasteiger charge is 2.17. The zero-order chi connectivity index (χ0) is 44.9. The summed E-state index contributed by atoms with van der Waals surface area (Å²) in [7, 11) is 0. The van der Waals surface area contributed by atoms with E-state index in [4.69, 9.17) is 61.6 Å². The predicted octanol–water partition coefficient (Wildman–Crippen LogP) is 6.07. The summed E-state index contributed by atoms with van der Waals surface area (Å²) < 4.78 is 75.0. The average Bonchev–Trinajstić information content (AvgIpc) is 3.19. The predicted molar refractivity (Wildman–Crippen MR) is 226 cm³/mol. The molecule has 0 saturated carbocycles. The molecule has 0 aliphatic carbocycles. The minimum Gasteiger partial charge on any atom is -0.460 e. The number of esters is 2. The highest BCUT2D eigenvalue weighted by atomic mass is 16.6. The summed E-state index contributed by atoms with van der Waals surface area (Å²) in [6, 6.07) is 0. The van der Waals surface area contributed by atoms with Crippen molar-refractivity contribution in [2.45, 2.75) is 170 Å². The quantitative estimate of drug-likeness (QED) is 0.0521. The number of ether oxygens (including phenoxy) is 13. The van der Waals surface area contributed by atoms with E-state index >= 15 is 0 Å². The lowest BCUT2D eigenvalue weighted by atomic mass is 10.3. The zero-order valence-corrected chi connectivity index (χ0v) is 39.0. The molecule has 0 aliphatic rings. The van der Waals surface area contributed by atoms with Gasteiger partial charge in [-0.25, -0.2) is 9.59 Å². The van der Waals surface area contributed by atoms with Gasteiger partial charge in [-0.05, 0) is 96.9 Å². The summed E-state index contributed by atoms with van der Waals surface area (Å²) in [6.07, 6.45) is -1.88. The first-order chi connectivity index (χ1) is 27.7. The number of hydrogen-bond donors (Lipinski definition) is 0. The Kier molecular flexibility index (Phi) is 32.4. The van der Waals surface area contributed by atoms with Gasteiger partial charge >= 0.3 is 11.9 Å². The SMILES string of the molecule is C=C(C)C(=O)OCC(C)OCC(C)OCC(C)OCC(C)OCC(C)OCC(C)OCC(C)OCC(C)OCC(C)OCC(C)OCC(C)OCC(C)OC(=O)C(=C)C. The molecular formula is C44H82O15. The van der Waals surface area contributed by atoms with Gasteiger partial charge in [-0.3, -0.25) is 0 Å². The minimum atomic E-state index is -0.426. The van der Waals surface area contributed by atoms with Crippen LogP contribution in [0.4, 0.5) is 0 Å². The molecule has 0 radical (unpaired) electrons. The molecule has 15 heteroatoms. The van der Waals surface area contributed by atoms with Crippen molar-refractivity contribution in [1.82, 2.24) is 0 Å². The molecule has 0 aromatic rings. The maximum absolute atomic E-state index is 11.6. The summed E-state index contributed by atoms with van der Waals surface area (Å²) in [5.74, 6) is -0.851. The third-order valence-electron chi connectivity index (χ3n) is 8.22.